The summed E-state index contributed by atoms with van der Waals surface area (Å²) in [6.45, 7) is 6.12. The lowest BCUT2D eigenvalue weighted by atomic mass is 9.88. The molecule has 21 heavy (non-hydrogen) atoms. The molecule has 0 aromatic heterocycles. The van der Waals surface area contributed by atoms with Crippen molar-refractivity contribution in [1.29, 1.82) is 0 Å². The second kappa shape index (κ2) is 5.59. The summed E-state index contributed by atoms with van der Waals surface area (Å²) in [5, 5.41) is 14.2. The maximum Gasteiger partial charge on any atom is 0.124 e. The second-order valence-electron chi connectivity index (χ2n) is 6.87. The van der Waals surface area contributed by atoms with Crippen LogP contribution in [0.2, 0.25) is 0 Å². The third kappa shape index (κ3) is 3.39. The summed E-state index contributed by atoms with van der Waals surface area (Å²) in [4.78, 5) is 0. The van der Waals surface area contributed by atoms with E-state index in [0.717, 1.165) is 12.2 Å². The largest absolute Gasteiger partial charge is 0.487 e. The molecule has 2 N–H and O–H groups in total. The topological polar surface area (TPSA) is 50.7 Å². The number of aliphatic hydroxyl groups is 1. The fourth-order valence-corrected chi connectivity index (χ4v) is 3.23. The first-order chi connectivity index (χ1) is 9.98. The number of hydrogen-bond donors (Lipinski definition) is 2. The summed E-state index contributed by atoms with van der Waals surface area (Å²) in [7, 11) is 0. The molecule has 0 aliphatic carbocycles. The Morgan fingerprint density at radius 1 is 1.24 bits per heavy atom. The zero-order valence-corrected chi connectivity index (χ0v) is 12.9. The van der Waals surface area contributed by atoms with Crippen LogP contribution in [-0.2, 0) is 4.74 Å². The average Bonchev–Trinajstić information content (AvgIpc) is 2.44. The quantitative estimate of drug-likeness (QED) is 0.898. The highest BCUT2D eigenvalue weighted by molar-refractivity contribution is 5.38. The predicted octanol–water partition coefficient (Wildman–Crippen LogP) is 2.42. The molecular weight excluding hydrogens is 266 g/mol. The monoisotopic (exact) mass is 291 g/mol. The molecule has 3 rings (SSSR count). The Morgan fingerprint density at radius 3 is 2.71 bits per heavy atom. The van der Waals surface area contributed by atoms with Gasteiger partial charge < -0.3 is 19.9 Å². The number of benzene rings is 1. The van der Waals surface area contributed by atoms with Crippen LogP contribution in [0, 0.1) is 0 Å². The van der Waals surface area contributed by atoms with Gasteiger partial charge in [0.25, 0.3) is 0 Å². The van der Waals surface area contributed by atoms with E-state index in [1.807, 2.05) is 18.2 Å². The van der Waals surface area contributed by atoms with Crippen LogP contribution in [0.4, 0.5) is 0 Å². The second-order valence-corrected chi connectivity index (χ2v) is 6.87. The summed E-state index contributed by atoms with van der Waals surface area (Å²) in [6, 6.07) is 8.39. The highest BCUT2D eigenvalue weighted by Gasteiger charge is 2.36. The van der Waals surface area contributed by atoms with Crippen LogP contribution in [-0.4, -0.2) is 36.1 Å². The Kier molecular flexibility index (Phi) is 3.95. The molecule has 2 aliphatic heterocycles. The third-order valence-electron chi connectivity index (χ3n) is 4.48. The summed E-state index contributed by atoms with van der Waals surface area (Å²) < 4.78 is 11.4. The minimum atomic E-state index is -0.643. The van der Waals surface area contributed by atoms with Gasteiger partial charge in [-0.15, -0.1) is 0 Å². The van der Waals surface area contributed by atoms with E-state index in [4.69, 9.17) is 9.47 Å². The van der Waals surface area contributed by atoms with Crippen molar-refractivity contribution in [1.82, 2.24) is 5.32 Å². The lowest BCUT2D eigenvalue weighted by molar-refractivity contribution is -0.0644. The smallest absolute Gasteiger partial charge is 0.124 e. The molecule has 0 bridgehead atoms. The normalized spacial score (nSPS) is 26.7. The summed E-state index contributed by atoms with van der Waals surface area (Å²) in [5.41, 5.74) is 0.354. The van der Waals surface area contributed by atoms with Gasteiger partial charge in [0.1, 0.15) is 11.4 Å². The Balaban J connectivity index is 1.72. The van der Waals surface area contributed by atoms with Crippen LogP contribution >= 0.6 is 0 Å². The first-order valence-electron chi connectivity index (χ1n) is 7.79. The van der Waals surface area contributed by atoms with Crippen molar-refractivity contribution in [2.45, 2.75) is 50.4 Å². The lowest BCUT2D eigenvalue weighted by Crippen LogP contribution is -2.48. The maximum absolute atomic E-state index is 10.6. The third-order valence-corrected chi connectivity index (χ3v) is 4.48. The summed E-state index contributed by atoms with van der Waals surface area (Å²) in [5.74, 6) is 0.949. The maximum atomic E-state index is 10.6. The van der Waals surface area contributed by atoms with E-state index in [0.29, 0.717) is 32.6 Å². The van der Waals surface area contributed by atoms with Crippen molar-refractivity contribution in [2.24, 2.45) is 0 Å². The van der Waals surface area contributed by atoms with Crippen molar-refractivity contribution in [2.75, 3.05) is 19.8 Å². The molecule has 1 aromatic rings. The number of fused-ring (bicyclic) bond motifs is 1. The molecule has 0 amide bonds. The van der Waals surface area contributed by atoms with Gasteiger partial charge in [0.05, 0.1) is 5.60 Å². The molecule has 2 aliphatic rings. The van der Waals surface area contributed by atoms with Gasteiger partial charge in [-0.2, -0.15) is 0 Å². The number of ether oxygens (including phenoxy) is 2. The van der Waals surface area contributed by atoms with Gasteiger partial charge in [0.2, 0.25) is 0 Å². The molecule has 1 aromatic carbocycles. The number of para-hydroxylation sites is 1. The van der Waals surface area contributed by atoms with E-state index >= 15 is 0 Å². The van der Waals surface area contributed by atoms with Gasteiger partial charge in [0.15, 0.2) is 0 Å². The molecule has 1 saturated heterocycles. The zero-order chi connectivity index (χ0) is 14.9. The number of rotatable bonds is 3. The first-order valence-corrected chi connectivity index (χ1v) is 7.79. The van der Waals surface area contributed by atoms with E-state index in [9.17, 15) is 5.11 Å². The molecule has 2 heterocycles. The van der Waals surface area contributed by atoms with Gasteiger partial charge in [-0.25, -0.2) is 0 Å². The molecule has 4 nitrogen and oxygen atoms in total. The van der Waals surface area contributed by atoms with Crippen molar-refractivity contribution >= 4 is 0 Å². The highest BCUT2D eigenvalue weighted by atomic mass is 16.5. The molecular formula is C17H25NO3. The first kappa shape index (κ1) is 14.8. The highest BCUT2D eigenvalue weighted by Crippen LogP contribution is 2.39. The average molecular weight is 291 g/mol. The minimum Gasteiger partial charge on any atom is -0.487 e. The molecule has 0 radical (unpaired) electrons. The van der Waals surface area contributed by atoms with E-state index in [1.165, 1.54) is 5.56 Å². The van der Waals surface area contributed by atoms with E-state index < -0.39 is 5.60 Å². The van der Waals surface area contributed by atoms with Crippen molar-refractivity contribution < 1.29 is 14.6 Å². The Hall–Kier alpha value is -1.10. The Bertz CT molecular complexity index is 495. The van der Waals surface area contributed by atoms with E-state index in [1.54, 1.807) is 0 Å². The molecule has 0 saturated carbocycles. The Morgan fingerprint density at radius 2 is 1.95 bits per heavy atom. The fraction of sp³-hybridized carbons (Fsp3) is 0.647. The van der Waals surface area contributed by atoms with Crippen LogP contribution in [0.1, 0.15) is 44.7 Å². The standard InChI is InChI=1S/C17H25NO3/c1-16(2)11-14(13-5-3-4-6-15(13)21-16)18-12-17(19)7-9-20-10-8-17/h3-6,14,18-19H,7-12H2,1-2H3. The fourth-order valence-electron chi connectivity index (χ4n) is 3.23. The SMILES string of the molecule is CC1(C)CC(NCC2(O)CCOCC2)c2ccccc2O1. The molecule has 1 fully saturated rings. The van der Waals surface area contributed by atoms with Crippen LogP contribution in [0.3, 0.4) is 0 Å². The van der Waals surface area contributed by atoms with Crippen molar-refractivity contribution in [3.63, 3.8) is 0 Å². The van der Waals surface area contributed by atoms with Crippen LogP contribution in [0.25, 0.3) is 0 Å². The van der Waals surface area contributed by atoms with Gasteiger partial charge in [-0.05, 0) is 19.9 Å². The summed E-state index contributed by atoms with van der Waals surface area (Å²) in [6.07, 6.45) is 2.30. The van der Waals surface area contributed by atoms with Gasteiger partial charge in [0, 0.05) is 50.6 Å². The lowest BCUT2D eigenvalue weighted by Gasteiger charge is -2.40. The minimum absolute atomic E-state index is 0.190. The van der Waals surface area contributed by atoms with E-state index in [2.05, 4.69) is 25.2 Å². The number of nitrogens with one attached hydrogen (secondary N) is 1. The molecule has 0 spiro atoms. The molecule has 4 heteroatoms. The molecule has 1 unspecified atom stereocenters. The Labute approximate surface area is 126 Å². The van der Waals surface area contributed by atoms with E-state index in [-0.39, 0.29) is 11.6 Å². The van der Waals surface area contributed by atoms with Crippen LogP contribution < -0.4 is 10.1 Å². The van der Waals surface area contributed by atoms with Crippen molar-refractivity contribution in [3.05, 3.63) is 29.8 Å². The molecule has 116 valence electrons. The van der Waals surface area contributed by atoms with Crippen LogP contribution in [0.5, 0.6) is 5.75 Å². The zero-order valence-electron chi connectivity index (χ0n) is 12.9. The van der Waals surface area contributed by atoms with Crippen molar-refractivity contribution in [3.8, 4) is 5.75 Å². The summed E-state index contributed by atoms with van der Waals surface area (Å²) >= 11 is 0. The van der Waals surface area contributed by atoms with Gasteiger partial charge >= 0.3 is 0 Å². The van der Waals surface area contributed by atoms with Gasteiger partial charge in [-0.1, -0.05) is 18.2 Å². The number of hydrogen-bond acceptors (Lipinski definition) is 4. The predicted molar refractivity (Wildman–Crippen MR) is 81.5 cm³/mol. The van der Waals surface area contributed by atoms with Gasteiger partial charge in [-0.3, -0.25) is 0 Å². The van der Waals surface area contributed by atoms with Crippen LogP contribution in [0.15, 0.2) is 24.3 Å². The molecule has 1 atom stereocenters.